The van der Waals surface area contributed by atoms with E-state index < -0.39 is 0 Å². The van der Waals surface area contributed by atoms with Crippen LogP contribution in [-0.4, -0.2) is 25.5 Å². The zero-order chi connectivity index (χ0) is 18.8. The van der Waals surface area contributed by atoms with Gasteiger partial charge in [0.25, 0.3) is 5.78 Å². The minimum atomic E-state index is 0.0284. The summed E-state index contributed by atoms with van der Waals surface area (Å²) in [7, 11) is 0. The minimum Gasteiger partial charge on any atom is -0.352 e. The van der Waals surface area contributed by atoms with E-state index in [2.05, 4.69) is 50.7 Å². The van der Waals surface area contributed by atoms with Crippen LogP contribution in [0, 0.1) is 13.8 Å². The molecule has 1 N–H and O–H groups in total. The second-order valence-electron chi connectivity index (χ2n) is 6.69. The molecule has 2 aromatic heterocycles. The van der Waals surface area contributed by atoms with E-state index in [1.165, 1.54) is 17.1 Å². The third-order valence-corrected chi connectivity index (χ3v) is 4.89. The van der Waals surface area contributed by atoms with Crippen molar-refractivity contribution in [3.05, 3.63) is 71.3 Å². The monoisotopic (exact) mass is 359 g/mol. The van der Waals surface area contributed by atoms with E-state index in [1.807, 2.05) is 26.0 Å². The first-order valence-corrected chi connectivity index (χ1v) is 9.02. The second kappa shape index (κ2) is 7.15. The Morgan fingerprint density at radius 3 is 2.78 bits per heavy atom. The molecule has 27 heavy (non-hydrogen) atoms. The molecule has 1 amide bonds. The van der Waals surface area contributed by atoms with Crippen LogP contribution in [0.2, 0.25) is 0 Å². The van der Waals surface area contributed by atoms with E-state index in [1.54, 1.807) is 4.52 Å². The van der Waals surface area contributed by atoms with Crippen molar-refractivity contribution in [1.29, 1.82) is 0 Å². The molecule has 0 saturated heterocycles. The molecule has 0 unspecified atom stereocenters. The van der Waals surface area contributed by atoms with Crippen molar-refractivity contribution in [1.82, 2.24) is 24.9 Å². The zero-order valence-electron chi connectivity index (χ0n) is 15.4. The van der Waals surface area contributed by atoms with Gasteiger partial charge in [0.2, 0.25) is 5.91 Å². The lowest BCUT2D eigenvalue weighted by atomic mass is 10.1. The van der Waals surface area contributed by atoms with Crippen LogP contribution in [0.25, 0.3) is 16.6 Å². The van der Waals surface area contributed by atoms with E-state index in [0.29, 0.717) is 25.2 Å². The maximum Gasteiger partial charge on any atom is 0.252 e. The van der Waals surface area contributed by atoms with Crippen LogP contribution in [0.5, 0.6) is 0 Å². The Labute approximate surface area is 157 Å². The van der Waals surface area contributed by atoms with Crippen LogP contribution in [0.3, 0.4) is 0 Å². The Kier molecular flexibility index (Phi) is 4.54. The number of hydrogen-bond donors (Lipinski definition) is 1. The molecular formula is C21H21N5O. The van der Waals surface area contributed by atoms with Gasteiger partial charge >= 0.3 is 0 Å². The number of carbonyl (C=O) groups excluding carboxylic acids is 1. The topological polar surface area (TPSA) is 72.2 Å². The van der Waals surface area contributed by atoms with Crippen LogP contribution in [0.1, 0.15) is 28.9 Å². The molecule has 4 rings (SSSR count). The molecule has 0 aliphatic heterocycles. The van der Waals surface area contributed by atoms with Gasteiger partial charge in [-0.3, -0.25) is 4.79 Å². The average molecular weight is 359 g/mol. The fraction of sp³-hybridized carbons (Fsp3) is 0.238. The highest BCUT2D eigenvalue weighted by molar-refractivity contribution is 5.83. The Bertz CT molecular complexity index is 1130. The van der Waals surface area contributed by atoms with Gasteiger partial charge in [-0.15, -0.1) is 0 Å². The Hall–Kier alpha value is -3.28. The van der Waals surface area contributed by atoms with Crippen LogP contribution in [0.15, 0.2) is 48.8 Å². The summed E-state index contributed by atoms with van der Waals surface area (Å²) in [5.74, 6) is 0.621. The van der Waals surface area contributed by atoms with Gasteiger partial charge in [-0.2, -0.15) is 10.1 Å². The number of amides is 1. The van der Waals surface area contributed by atoms with E-state index in [4.69, 9.17) is 0 Å². The molecule has 0 fully saturated rings. The summed E-state index contributed by atoms with van der Waals surface area (Å²) in [5, 5.41) is 9.59. The first kappa shape index (κ1) is 17.1. The molecule has 0 bridgehead atoms. The highest BCUT2D eigenvalue weighted by Crippen LogP contribution is 2.16. The fourth-order valence-electron chi connectivity index (χ4n) is 3.39. The minimum absolute atomic E-state index is 0.0284. The Morgan fingerprint density at radius 2 is 1.93 bits per heavy atom. The second-order valence-corrected chi connectivity index (χ2v) is 6.69. The van der Waals surface area contributed by atoms with Crippen molar-refractivity contribution in [3.8, 4) is 0 Å². The summed E-state index contributed by atoms with van der Waals surface area (Å²) in [6.45, 7) is 4.46. The number of aromatic nitrogens is 4. The van der Waals surface area contributed by atoms with Gasteiger partial charge in [-0.05, 0) is 48.2 Å². The molecular weight excluding hydrogens is 338 g/mol. The van der Waals surface area contributed by atoms with E-state index in [9.17, 15) is 4.79 Å². The molecule has 0 spiro atoms. The van der Waals surface area contributed by atoms with Crippen molar-refractivity contribution in [3.63, 3.8) is 0 Å². The molecule has 0 atom stereocenters. The number of nitrogens with one attached hydrogen (secondary N) is 1. The van der Waals surface area contributed by atoms with Crippen molar-refractivity contribution in [2.75, 3.05) is 0 Å². The molecule has 0 saturated carbocycles. The van der Waals surface area contributed by atoms with Crippen LogP contribution in [0.4, 0.5) is 0 Å². The predicted octanol–water partition coefficient (Wildman–Crippen LogP) is 3.14. The standard InChI is InChI=1S/C21H21N5O/c1-14-19(15(2)26-21(25-14)23-13-24-26)9-10-20(27)22-12-16-7-8-17-5-3-4-6-18(17)11-16/h3-8,11,13H,9-10,12H2,1-2H3,(H,22,27). The molecule has 0 aliphatic rings. The van der Waals surface area contributed by atoms with Gasteiger partial charge in [0.15, 0.2) is 0 Å². The van der Waals surface area contributed by atoms with Crippen molar-refractivity contribution >= 4 is 22.5 Å². The van der Waals surface area contributed by atoms with Crippen LogP contribution < -0.4 is 5.32 Å². The summed E-state index contributed by atoms with van der Waals surface area (Å²) in [4.78, 5) is 20.9. The van der Waals surface area contributed by atoms with Gasteiger partial charge in [0, 0.05) is 24.4 Å². The molecule has 4 aromatic rings. The third-order valence-electron chi connectivity index (χ3n) is 4.89. The molecule has 0 aliphatic carbocycles. The quantitative estimate of drug-likeness (QED) is 0.594. The number of hydrogen-bond acceptors (Lipinski definition) is 4. The normalized spacial score (nSPS) is 11.2. The van der Waals surface area contributed by atoms with Gasteiger partial charge in [0.1, 0.15) is 6.33 Å². The molecule has 6 heteroatoms. The lowest BCUT2D eigenvalue weighted by molar-refractivity contribution is -0.121. The maximum atomic E-state index is 12.3. The first-order chi connectivity index (χ1) is 13.1. The predicted molar refractivity (Wildman–Crippen MR) is 104 cm³/mol. The zero-order valence-corrected chi connectivity index (χ0v) is 15.4. The van der Waals surface area contributed by atoms with Crippen molar-refractivity contribution in [2.45, 2.75) is 33.2 Å². The van der Waals surface area contributed by atoms with Crippen molar-refractivity contribution < 1.29 is 4.79 Å². The van der Waals surface area contributed by atoms with Gasteiger partial charge in [-0.25, -0.2) is 9.50 Å². The highest BCUT2D eigenvalue weighted by Gasteiger charge is 2.12. The number of benzene rings is 2. The first-order valence-electron chi connectivity index (χ1n) is 9.02. The molecule has 136 valence electrons. The summed E-state index contributed by atoms with van der Waals surface area (Å²) >= 11 is 0. The SMILES string of the molecule is Cc1nc2ncnn2c(C)c1CCC(=O)NCc1ccc2ccccc2c1. The third kappa shape index (κ3) is 3.51. The van der Waals surface area contributed by atoms with Gasteiger partial charge < -0.3 is 5.32 Å². The van der Waals surface area contributed by atoms with Gasteiger partial charge in [0.05, 0.1) is 0 Å². The highest BCUT2D eigenvalue weighted by atomic mass is 16.1. The molecule has 2 aromatic carbocycles. The Balaban J connectivity index is 1.39. The summed E-state index contributed by atoms with van der Waals surface area (Å²) in [6.07, 6.45) is 2.54. The smallest absolute Gasteiger partial charge is 0.252 e. The largest absolute Gasteiger partial charge is 0.352 e. The number of rotatable bonds is 5. The lowest BCUT2D eigenvalue weighted by Crippen LogP contribution is -2.23. The van der Waals surface area contributed by atoms with E-state index in [0.717, 1.165) is 22.5 Å². The number of carbonyl (C=O) groups is 1. The Morgan fingerprint density at radius 1 is 1.11 bits per heavy atom. The van der Waals surface area contributed by atoms with Gasteiger partial charge in [-0.1, -0.05) is 36.4 Å². The number of fused-ring (bicyclic) bond motifs is 2. The molecule has 0 radical (unpaired) electrons. The van der Waals surface area contributed by atoms with E-state index >= 15 is 0 Å². The average Bonchev–Trinajstić information content (AvgIpc) is 3.14. The van der Waals surface area contributed by atoms with Crippen molar-refractivity contribution in [2.24, 2.45) is 0 Å². The van der Waals surface area contributed by atoms with Crippen LogP contribution >= 0.6 is 0 Å². The summed E-state index contributed by atoms with van der Waals surface area (Å²) in [5.41, 5.74) is 4.03. The van der Waals surface area contributed by atoms with E-state index in [-0.39, 0.29) is 5.91 Å². The molecule has 6 nitrogen and oxygen atoms in total. The molecule has 2 heterocycles. The van der Waals surface area contributed by atoms with Crippen LogP contribution in [-0.2, 0) is 17.8 Å². The lowest BCUT2D eigenvalue weighted by Gasteiger charge is -2.11. The fourth-order valence-corrected chi connectivity index (χ4v) is 3.39. The maximum absolute atomic E-state index is 12.3. The summed E-state index contributed by atoms with van der Waals surface area (Å²) in [6, 6.07) is 14.5. The number of aryl methyl sites for hydroxylation is 2. The number of nitrogens with zero attached hydrogens (tertiary/aromatic N) is 4. The summed E-state index contributed by atoms with van der Waals surface area (Å²) < 4.78 is 1.72.